The third kappa shape index (κ3) is 1.58. The predicted octanol–water partition coefficient (Wildman–Crippen LogP) is 2.72. The third-order valence-corrected chi connectivity index (χ3v) is 4.94. The maximum absolute atomic E-state index is 9.87. The zero-order chi connectivity index (χ0) is 16.8. The number of ether oxygens (including phenoxy) is 2. The first-order valence-corrected chi connectivity index (χ1v) is 7.49. The Kier molecular flexibility index (Phi) is 3.68. The lowest BCUT2D eigenvalue weighted by Gasteiger charge is -2.62. The lowest BCUT2D eigenvalue weighted by Crippen LogP contribution is -2.75. The van der Waals surface area contributed by atoms with E-state index >= 15 is 0 Å². The van der Waals surface area contributed by atoms with Gasteiger partial charge in [-0.05, 0) is 12.3 Å². The van der Waals surface area contributed by atoms with E-state index in [4.69, 9.17) is 14.9 Å². The van der Waals surface area contributed by atoms with Crippen molar-refractivity contribution in [3.63, 3.8) is 0 Å². The topological polar surface area (TPSA) is 114 Å². The maximum Gasteiger partial charge on any atom is 0.215 e. The molecule has 3 heterocycles. The molecule has 0 saturated carbocycles. The summed E-state index contributed by atoms with van der Waals surface area (Å²) < 4.78 is 11.6. The van der Waals surface area contributed by atoms with Crippen LogP contribution >= 0.6 is 0 Å². The molecule has 3 rings (SSSR count). The number of nitrogens with one attached hydrogen (secondary N) is 1. The number of nitriles is 3. The van der Waals surface area contributed by atoms with E-state index in [0.717, 1.165) is 6.42 Å². The molecule has 0 radical (unpaired) electrons. The van der Waals surface area contributed by atoms with Crippen LogP contribution < -0.4 is 0 Å². The van der Waals surface area contributed by atoms with Gasteiger partial charge in [0.15, 0.2) is 10.8 Å². The summed E-state index contributed by atoms with van der Waals surface area (Å²) in [5.41, 5.74) is -3.34. The van der Waals surface area contributed by atoms with E-state index < -0.39 is 28.6 Å². The smallest absolute Gasteiger partial charge is 0.215 e. The lowest BCUT2D eigenvalue weighted by atomic mass is 9.49. The Labute approximate surface area is 130 Å². The Morgan fingerprint density at radius 1 is 1.23 bits per heavy atom. The molecule has 3 aliphatic heterocycles. The van der Waals surface area contributed by atoms with Gasteiger partial charge in [-0.25, -0.2) is 0 Å². The Morgan fingerprint density at radius 2 is 1.82 bits per heavy atom. The molecular weight excluding hydrogens is 280 g/mol. The first-order chi connectivity index (χ1) is 10.3. The second-order valence-corrected chi connectivity index (χ2v) is 6.52. The van der Waals surface area contributed by atoms with Crippen molar-refractivity contribution in [2.45, 2.75) is 52.4 Å². The standard InChI is InChI=1S/C16H20N4O2/c1-5-6-11-14(4)21-12(10(2)3)16(9-19,13(20)22-14)15(11,7-17)8-18/h10-12,20H,5-6H2,1-4H3/t11-,12-,14+,16-/m0/s1. The molecule has 3 saturated heterocycles. The van der Waals surface area contributed by atoms with E-state index in [-0.39, 0.29) is 11.8 Å². The summed E-state index contributed by atoms with van der Waals surface area (Å²) in [4.78, 5) is 0. The molecule has 6 nitrogen and oxygen atoms in total. The Balaban J connectivity index is 2.81. The fraction of sp³-hybridized carbons (Fsp3) is 0.750. The summed E-state index contributed by atoms with van der Waals surface area (Å²) in [6.45, 7) is 7.32. The minimum Gasteiger partial charge on any atom is -0.448 e. The van der Waals surface area contributed by atoms with Gasteiger partial charge in [-0.1, -0.05) is 27.2 Å². The maximum atomic E-state index is 9.87. The van der Waals surface area contributed by atoms with Crippen LogP contribution in [0.4, 0.5) is 0 Å². The van der Waals surface area contributed by atoms with Crippen LogP contribution in [0, 0.1) is 62.1 Å². The van der Waals surface area contributed by atoms with Crippen LogP contribution in [0.3, 0.4) is 0 Å². The normalized spacial score (nSPS) is 38.7. The summed E-state index contributed by atoms with van der Waals surface area (Å²) in [7, 11) is 0. The van der Waals surface area contributed by atoms with Crippen LogP contribution in [0.25, 0.3) is 0 Å². The van der Waals surface area contributed by atoms with Gasteiger partial charge in [0.05, 0.1) is 30.2 Å². The van der Waals surface area contributed by atoms with E-state index in [1.165, 1.54) is 0 Å². The molecule has 3 fully saturated rings. The quantitative estimate of drug-likeness (QED) is 0.860. The van der Waals surface area contributed by atoms with Crippen molar-refractivity contribution in [1.82, 2.24) is 0 Å². The number of nitrogens with zero attached hydrogens (tertiary/aromatic N) is 3. The lowest BCUT2D eigenvalue weighted by molar-refractivity contribution is -0.347. The largest absolute Gasteiger partial charge is 0.448 e. The zero-order valence-electron chi connectivity index (χ0n) is 13.3. The van der Waals surface area contributed by atoms with Gasteiger partial charge in [-0.15, -0.1) is 0 Å². The molecule has 0 aromatic heterocycles. The van der Waals surface area contributed by atoms with Gasteiger partial charge >= 0.3 is 0 Å². The number of hydrogen-bond donors (Lipinski definition) is 1. The molecule has 0 aromatic rings. The second kappa shape index (κ2) is 4.97. The first-order valence-electron chi connectivity index (χ1n) is 7.49. The van der Waals surface area contributed by atoms with Crippen molar-refractivity contribution >= 4 is 5.90 Å². The monoisotopic (exact) mass is 300 g/mol. The van der Waals surface area contributed by atoms with Gasteiger partial charge in [0.2, 0.25) is 11.7 Å². The van der Waals surface area contributed by atoms with Crippen LogP contribution in [-0.2, 0) is 9.47 Å². The van der Waals surface area contributed by atoms with Gasteiger partial charge < -0.3 is 9.47 Å². The molecular formula is C16H20N4O2. The van der Waals surface area contributed by atoms with E-state index in [9.17, 15) is 15.8 Å². The fourth-order valence-electron chi connectivity index (χ4n) is 3.96. The van der Waals surface area contributed by atoms with Gasteiger partial charge in [-0.3, -0.25) is 5.41 Å². The summed E-state index contributed by atoms with van der Waals surface area (Å²) in [6, 6.07) is 6.23. The van der Waals surface area contributed by atoms with Crippen LogP contribution in [0.1, 0.15) is 40.5 Å². The second-order valence-electron chi connectivity index (χ2n) is 6.52. The predicted molar refractivity (Wildman–Crippen MR) is 77.0 cm³/mol. The fourth-order valence-corrected chi connectivity index (χ4v) is 3.96. The Hall–Kier alpha value is -2.10. The van der Waals surface area contributed by atoms with Gasteiger partial charge in [0.1, 0.15) is 0 Å². The summed E-state index contributed by atoms with van der Waals surface area (Å²) >= 11 is 0. The van der Waals surface area contributed by atoms with Gasteiger partial charge in [0.25, 0.3) is 0 Å². The van der Waals surface area contributed by atoms with E-state index in [0.29, 0.717) is 6.42 Å². The van der Waals surface area contributed by atoms with E-state index in [2.05, 4.69) is 18.2 Å². The van der Waals surface area contributed by atoms with E-state index in [1.807, 2.05) is 20.8 Å². The highest BCUT2D eigenvalue weighted by Crippen LogP contribution is 2.64. The Bertz CT molecular complexity index is 610. The molecule has 3 aliphatic rings. The van der Waals surface area contributed by atoms with Crippen LogP contribution in [0.5, 0.6) is 0 Å². The van der Waals surface area contributed by atoms with Crippen molar-refractivity contribution in [3.8, 4) is 18.2 Å². The molecule has 0 unspecified atom stereocenters. The SMILES string of the molecule is CCC[C@@H]1C(C#N)(C#N)[C@]2(C#N)C(=N)O[C@@]1(C)O[C@H]2C(C)C. The third-order valence-electron chi connectivity index (χ3n) is 4.94. The van der Waals surface area contributed by atoms with Gasteiger partial charge in [0, 0.05) is 6.92 Å². The van der Waals surface area contributed by atoms with Gasteiger partial charge in [-0.2, -0.15) is 15.8 Å². The molecule has 0 aromatic carbocycles. The van der Waals surface area contributed by atoms with Crippen LogP contribution in [0.15, 0.2) is 0 Å². The molecule has 2 bridgehead atoms. The number of fused-ring (bicyclic) bond motifs is 3. The minimum absolute atomic E-state index is 0.133. The molecule has 0 amide bonds. The minimum atomic E-state index is -1.69. The molecule has 6 heteroatoms. The van der Waals surface area contributed by atoms with Crippen molar-refractivity contribution in [1.29, 1.82) is 21.2 Å². The number of rotatable bonds is 3. The molecule has 0 aliphatic carbocycles. The van der Waals surface area contributed by atoms with Crippen molar-refractivity contribution < 1.29 is 9.47 Å². The highest BCUT2D eigenvalue weighted by atomic mass is 16.7. The summed E-state index contributed by atoms with van der Waals surface area (Å²) in [5, 5.41) is 37.8. The van der Waals surface area contributed by atoms with Crippen LogP contribution in [0.2, 0.25) is 0 Å². The molecule has 22 heavy (non-hydrogen) atoms. The van der Waals surface area contributed by atoms with Crippen molar-refractivity contribution in [3.05, 3.63) is 0 Å². The molecule has 0 spiro atoms. The van der Waals surface area contributed by atoms with E-state index in [1.54, 1.807) is 6.92 Å². The average Bonchev–Trinajstić information content (AvgIpc) is 2.48. The highest BCUT2D eigenvalue weighted by molar-refractivity contribution is 5.88. The summed E-state index contributed by atoms with van der Waals surface area (Å²) in [6.07, 6.45) is 0.509. The molecule has 116 valence electrons. The van der Waals surface area contributed by atoms with Crippen molar-refractivity contribution in [2.24, 2.45) is 22.7 Å². The summed E-state index contributed by atoms with van der Waals surface area (Å²) in [5.74, 6) is -2.26. The number of hydrogen-bond acceptors (Lipinski definition) is 6. The molecule has 4 atom stereocenters. The first kappa shape index (κ1) is 16.3. The van der Waals surface area contributed by atoms with Crippen molar-refractivity contribution in [2.75, 3.05) is 0 Å². The zero-order valence-corrected chi connectivity index (χ0v) is 13.3. The average molecular weight is 300 g/mol. The van der Waals surface area contributed by atoms with Crippen LogP contribution in [-0.4, -0.2) is 17.8 Å². The molecule has 1 N–H and O–H groups in total. The Morgan fingerprint density at radius 3 is 2.23 bits per heavy atom. The highest BCUT2D eigenvalue weighted by Gasteiger charge is 2.78.